The third-order valence-corrected chi connectivity index (χ3v) is 11.6. The van der Waals surface area contributed by atoms with Crippen LogP contribution in [0.15, 0.2) is 48.5 Å². The summed E-state index contributed by atoms with van der Waals surface area (Å²) in [7, 11) is -4.42. The van der Waals surface area contributed by atoms with E-state index in [1.165, 1.54) is 128 Å². The van der Waals surface area contributed by atoms with Crippen LogP contribution in [0.1, 0.15) is 191 Å². The van der Waals surface area contributed by atoms with Crippen molar-refractivity contribution in [1.29, 1.82) is 0 Å². The molecule has 2 aromatic carbocycles. The SMILES string of the molecule is CCCCCCCCCCCCCCOc1ccc(C(O)P(=O)(O)C(O)c2ccc(OCCCCCCCCCCCCCC)cc2)cc1. The molecule has 0 aromatic heterocycles. The van der Waals surface area contributed by atoms with Crippen LogP contribution in [0.25, 0.3) is 0 Å². The monoisotopic (exact) mass is 702 g/mol. The van der Waals surface area contributed by atoms with Crippen molar-refractivity contribution in [3.63, 3.8) is 0 Å². The van der Waals surface area contributed by atoms with Gasteiger partial charge in [0.25, 0.3) is 7.37 Å². The highest BCUT2D eigenvalue weighted by Gasteiger charge is 2.39. The number of ether oxygens (including phenoxy) is 2. The maximum absolute atomic E-state index is 13.2. The molecule has 280 valence electrons. The molecule has 3 N–H and O–H groups in total. The van der Waals surface area contributed by atoms with Gasteiger partial charge >= 0.3 is 0 Å². The Balaban J connectivity index is 1.60. The first-order valence-electron chi connectivity index (χ1n) is 20.0. The number of aliphatic hydroxyl groups is 2. The lowest BCUT2D eigenvalue weighted by molar-refractivity contribution is 0.186. The molecule has 0 saturated carbocycles. The molecule has 0 bridgehead atoms. The molecule has 0 aliphatic heterocycles. The minimum absolute atomic E-state index is 0.268. The maximum atomic E-state index is 13.2. The summed E-state index contributed by atoms with van der Waals surface area (Å²) in [5.74, 6) is -2.11. The number of aliphatic hydroxyl groups excluding tert-OH is 2. The van der Waals surface area contributed by atoms with Gasteiger partial charge in [-0.05, 0) is 48.2 Å². The summed E-state index contributed by atoms with van der Waals surface area (Å²) in [5.41, 5.74) is 0.537. The van der Waals surface area contributed by atoms with E-state index >= 15 is 0 Å². The highest BCUT2D eigenvalue weighted by atomic mass is 31.2. The number of hydrogen-bond acceptors (Lipinski definition) is 5. The van der Waals surface area contributed by atoms with Crippen LogP contribution in [0.5, 0.6) is 11.5 Å². The van der Waals surface area contributed by atoms with Gasteiger partial charge in [0, 0.05) is 0 Å². The largest absolute Gasteiger partial charge is 0.494 e. The van der Waals surface area contributed by atoms with Crippen molar-refractivity contribution in [2.24, 2.45) is 0 Å². The molecule has 0 heterocycles. The van der Waals surface area contributed by atoms with Gasteiger partial charge in [0.05, 0.1) is 13.2 Å². The minimum atomic E-state index is -4.42. The van der Waals surface area contributed by atoms with E-state index in [2.05, 4.69) is 13.8 Å². The number of hydrogen-bond donors (Lipinski definition) is 3. The highest BCUT2D eigenvalue weighted by Crippen LogP contribution is 2.63. The molecule has 2 aromatic rings. The Morgan fingerprint density at radius 3 is 0.959 bits per heavy atom. The highest BCUT2D eigenvalue weighted by molar-refractivity contribution is 7.58. The van der Waals surface area contributed by atoms with Gasteiger partial charge in [-0.3, -0.25) is 4.57 Å². The third-order valence-electron chi connectivity index (χ3n) is 9.59. The van der Waals surface area contributed by atoms with Crippen molar-refractivity contribution in [2.45, 2.75) is 180 Å². The molecule has 6 nitrogen and oxygen atoms in total. The minimum Gasteiger partial charge on any atom is -0.494 e. The number of benzene rings is 2. The molecule has 2 unspecified atom stereocenters. The van der Waals surface area contributed by atoms with E-state index in [9.17, 15) is 19.7 Å². The van der Waals surface area contributed by atoms with Crippen LogP contribution in [-0.2, 0) is 4.57 Å². The van der Waals surface area contributed by atoms with Crippen molar-refractivity contribution in [2.75, 3.05) is 13.2 Å². The van der Waals surface area contributed by atoms with Crippen LogP contribution in [0.3, 0.4) is 0 Å². The van der Waals surface area contributed by atoms with Gasteiger partial charge in [-0.15, -0.1) is 0 Å². The molecule has 2 rings (SSSR count). The zero-order chi connectivity index (χ0) is 35.4. The lowest BCUT2D eigenvalue weighted by Crippen LogP contribution is -2.08. The van der Waals surface area contributed by atoms with Crippen LogP contribution in [0, 0.1) is 0 Å². The molecule has 0 radical (unpaired) electrons. The fourth-order valence-electron chi connectivity index (χ4n) is 6.30. The van der Waals surface area contributed by atoms with Gasteiger partial charge in [-0.1, -0.05) is 179 Å². The Morgan fingerprint density at radius 1 is 0.449 bits per heavy atom. The molecular weight excluding hydrogens is 631 g/mol. The number of rotatable bonds is 32. The molecule has 0 aliphatic rings. The zero-order valence-corrected chi connectivity index (χ0v) is 32.1. The normalized spacial score (nSPS) is 14.0. The molecule has 2 atom stereocenters. The van der Waals surface area contributed by atoms with E-state index in [0.717, 1.165) is 25.7 Å². The summed E-state index contributed by atoms with van der Waals surface area (Å²) in [6, 6.07) is 13.2. The first-order valence-corrected chi connectivity index (χ1v) is 21.8. The zero-order valence-electron chi connectivity index (χ0n) is 31.2. The van der Waals surface area contributed by atoms with Gasteiger partial charge in [0.2, 0.25) is 0 Å². The van der Waals surface area contributed by atoms with E-state index in [4.69, 9.17) is 9.47 Å². The predicted octanol–water partition coefficient (Wildman–Crippen LogP) is 12.8. The fraction of sp³-hybridized carbons (Fsp3) is 0.714. The van der Waals surface area contributed by atoms with Crippen molar-refractivity contribution < 1.29 is 29.1 Å². The lowest BCUT2D eigenvalue weighted by Gasteiger charge is -2.24. The summed E-state index contributed by atoms with van der Waals surface area (Å²) in [6.07, 6.45) is 31.0. The first-order chi connectivity index (χ1) is 23.9. The summed E-state index contributed by atoms with van der Waals surface area (Å²) in [4.78, 5) is 10.8. The predicted molar refractivity (Wildman–Crippen MR) is 206 cm³/mol. The Bertz CT molecular complexity index is 1010. The molecule has 0 spiro atoms. The topological polar surface area (TPSA) is 96.2 Å². The van der Waals surface area contributed by atoms with Gasteiger partial charge in [0.1, 0.15) is 11.5 Å². The summed E-state index contributed by atoms with van der Waals surface area (Å²) >= 11 is 0. The van der Waals surface area contributed by atoms with E-state index in [-0.39, 0.29) is 11.1 Å². The second-order valence-corrected chi connectivity index (χ2v) is 16.4. The third kappa shape index (κ3) is 19.4. The number of unbranched alkanes of at least 4 members (excludes halogenated alkanes) is 22. The van der Waals surface area contributed by atoms with Crippen LogP contribution in [0.2, 0.25) is 0 Å². The Hall–Kier alpha value is -1.85. The van der Waals surface area contributed by atoms with E-state index < -0.39 is 19.1 Å². The molecule has 0 fully saturated rings. The van der Waals surface area contributed by atoms with Gasteiger partial charge < -0.3 is 24.6 Å². The summed E-state index contributed by atoms with van der Waals surface area (Å²) in [5, 5.41) is 21.5. The van der Waals surface area contributed by atoms with E-state index in [0.29, 0.717) is 24.7 Å². The van der Waals surface area contributed by atoms with E-state index in [1.54, 1.807) is 48.5 Å². The average molecular weight is 703 g/mol. The Kier molecular flexibility index (Phi) is 24.6. The standard InChI is InChI=1S/C42H71O6P/c1-3-5-7-9-11-13-15-17-19-21-23-25-35-47-39-31-27-37(28-32-39)41(43)49(45,46)42(44)38-29-33-40(34-30-38)48-36-26-24-22-20-18-16-14-12-10-8-6-4-2/h27-34,41-44H,3-26,35-36H2,1-2H3,(H,45,46). The summed E-state index contributed by atoms with van der Waals surface area (Å²) < 4.78 is 24.9. The van der Waals surface area contributed by atoms with Crippen LogP contribution in [0.4, 0.5) is 0 Å². The van der Waals surface area contributed by atoms with Crippen molar-refractivity contribution in [1.82, 2.24) is 0 Å². The quantitative estimate of drug-likeness (QED) is 0.0519. The smallest absolute Gasteiger partial charge is 0.264 e. The second-order valence-electron chi connectivity index (χ2n) is 14.0. The molecule has 7 heteroatoms. The first kappa shape index (κ1) is 43.3. The van der Waals surface area contributed by atoms with Crippen LogP contribution in [-0.4, -0.2) is 28.3 Å². The van der Waals surface area contributed by atoms with Crippen molar-refractivity contribution in [3.8, 4) is 11.5 Å². The van der Waals surface area contributed by atoms with Crippen LogP contribution >= 0.6 is 7.37 Å². The van der Waals surface area contributed by atoms with Crippen molar-refractivity contribution in [3.05, 3.63) is 59.7 Å². The Labute approximate surface area is 299 Å². The lowest BCUT2D eigenvalue weighted by atomic mass is 10.1. The average Bonchev–Trinajstić information content (AvgIpc) is 3.12. The Morgan fingerprint density at radius 2 is 0.694 bits per heavy atom. The fourth-order valence-corrected chi connectivity index (χ4v) is 7.77. The molecule has 49 heavy (non-hydrogen) atoms. The maximum Gasteiger partial charge on any atom is 0.264 e. The second kappa shape index (κ2) is 27.8. The van der Waals surface area contributed by atoms with E-state index in [1.807, 2.05) is 0 Å². The molecule has 0 saturated heterocycles. The van der Waals surface area contributed by atoms with Gasteiger partial charge in [0.15, 0.2) is 11.7 Å². The molecule has 0 amide bonds. The molecule has 0 aliphatic carbocycles. The van der Waals surface area contributed by atoms with Crippen LogP contribution < -0.4 is 9.47 Å². The van der Waals surface area contributed by atoms with Crippen molar-refractivity contribution >= 4 is 7.37 Å². The van der Waals surface area contributed by atoms with Gasteiger partial charge in [-0.2, -0.15) is 0 Å². The molecular formula is C42H71O6P. The van der Waals surface area contributed by atoms with Gasteiger partial charge in [-0.25, -0.2) is 0 Å². The summed E-state index contributed by atoms with van der Waals surface area (Å²) in [6.45, 7) is 5.76.